The Morgan fingerprint density at radius 1 is 0.875 bits per heavy atom. The summed E-state index contributed by atoms with van der Waals surface area (Å²) in [7, 11) is -4.85. The third-order valence-electron chi connectivity index (χ3n) is 5.84. The number of phosphoric acid groups is 1. The first-order valence-electron chi connectivity index (χ1n) is 12.0. The van der Waals surface area contributed by atoms with Gasteiger partial charge in [-0.2, -0.15) is 0 Å². The molecule has 0 aliphatic carbocycles. The minimum atomic E-state index is -4.85. The Kier molecular flexibility index (Phi) is 8.95. The molecule has 0 saturated heterocycles. The lowest BCUT2D eigenvalue weighted by atomic mass is 10.0. The van der Waals surface area contributed by atoms with Gasteiger partial charge in [0.2, 0.25) is 5.39 Å². The topological polar surface area (TPSA) is 124 Å². The fraction of sp³-hybridized carbons (Fsp3) is 0.0333. The minimum Gasteiger partial charge on any atom is -0.403 e. The Labute approximate surface area is 235 Å². The minimum absolute atomic E-state index is 0.0277. The largest absolute Gasteiger partial charge is 0.524 e. The van der Waals surface area contributed by atoms with Gasteiger partial charge in [-0.15, -0.1) is 0 Å². The molecular formula is C30H24ClN3O5P+. The van der Waals surface area contributed by atoms with Gasteiger partial charge in [0.15, 0.2) is 4.98 Å². The molecule has 5 rings (SSSR count). The summed E-state index contributed by atoms with van der Waals surface area (Å²) >= 11 is 5.65. The lowest BCUT2D eigenvalue weighted by Gasteiger charge is -2.15. The Morgan fingerprint density at radius 3 is 2.15 bits per heavy atom. The second-order valence-electron chi connectivity index (χ2n) is 8.67. The van der Waals surface area contributed by atoms with Gasteiger partial charge in [0, 0.05) is 27.9 Å². The maximum absolute atomic E-state index is 13.1. The van der Waals surface area contributed by atoms with Gasteiger partial charge < -0.3 is 9.84 Å². The van der Waals surface area contributed by atoms with E-state index in [-0.39, 0.29) is 11.3 Å². The standard InChI is InChI=1S/C23H18NO5P.C7H6ClN2/c25-23(24-21-13-7-6-12-19(21)16-8-2-1-3-9-16)20-14-17-10-4-5-11-18(17)15-22(20)29-30(26,27)28;1-5-4-6(8)2-3-7(5)10-9/h1-15H,(H,24,25)(H2,26,27,28);2-4H,1H3/q;+1. The molecule has 1 amide bonds. The van der Waals surface area contributed by atoms with Crippen LogP contribution < -0.4 is 9.84 Å². The summed E-state index contributed by atoms with van der Waals surface area (Å²) in [5.74, 6) is -0.718. The highest BCUT2D eigenvalue weighted by Crippen LogP contribution is 2.41. The van der Waals surface area contributed by atoms with E-state index in [1.165, 1.54) is 6.07 Å². The Morgan fingerprint density at radius 2 is 1.50 bits per heavy atom. The summed E-state index contributed by atoms with van der Waals surface area (Å²) in [5, 5.41) is 13.3. The molecule has 5 aromatic rings. The van der Waals surface area contributed by atoms with Gasteiger partial charge in [0.1, 0.15) is 5.75 Å². The van der Waals surface area contributed by atoms with Gasteiger partial charge in [-0.3, -0.25) is 14.6 Å². The molecule has 0 unspecified atom stereocenters. The maximum Gasteiger partial charge on any atom is 0.524 e. The number of aryl methyl sites for hydroxylation is 1. The number of hydrogen-bond donors (Lipinski definition) is 3. The number of benzene rings is 5. The number of phosphoric ester groups is 1. The predicted octanol–water partition coefficient (Wildman–Crippen LogP) is 8.36. The number of carbonyl (C=O) groups is 1. The molecule has 8 nitrogen and oxygen atoms in total. The lowest BCUT2D eigenvalue weighted by Crippen LogP contribution is -2.14. The van der Waals surface area contributed by atoms with Crippen LogP contribution >= 0.6 is 19.4 Å². The van der Waals surface area contributed by atoms with Crippen molar-refractivity contribution in [3.05, 3.63) is 130 Å². The van der Waals surface area contributed by atoms with Gasteiger partial charge in [-0.1, -0.05) is 84.4 Å². The van der Waals surface area contributed by atoms with Crippen LogP contribution in [0.4, 0.5) is 11.4 Å². The van der Waals surface area contributed by atoms with E-state index in [4.69, 9.17) is 21.5 Å². The molecule has 40 heavy (non-hydrogen) atoms. The van der Waals surface area contributed by atoms with E-state index in [0.29, 0.717) is 21.8 Å². The van der Waals surface area contributed by atoms with E-state index in [1.807, 2.05) is 61.5 Å². The van der Waals surface area contributed by atoms with E-state index in [0.717, 1.165) is 22.1 Å². The number of carbonyl (C=O) groups excluding carboxylic acids is 1. The van der Waals surface area contributed by atoms with Crippen LogP contribution in [-0.4, -0.2) is 15.7 Å². The van der Waals surface area contributed by atoms with Gasteiger partial charge in [0.25, 0.3) is 5.91 Å². The van der Waals surface area contributed by atoms with E-state index in [1.54, 1.807) is 48.5 Å². The number of fused-ring (bicyclic) bond motifs is 1. The summed E-state index contributed by atoms with van der Waals surface area (Å²) in [6.07, 6.45) is 0. The Balaban J connectivity index is 0.000000312. The van der Waals surface area contributed by atoms with Crippen molar-refractivity contribution in [2.45, 2.75) is 6.92 Å². The number of hydrogen-bond acceptors (Lipinski definition) is 4. The first-order valence-corrected chi connectivity index (χ1v) is 13.9. The van der Waals surface area contributed by atoms with Crippen molar-refractivity contribution < 1.29 is 23.7 Å². The van der Waals surface area contributed by atoms with Crippen LogP contribution in [-0.2, 0) is 4.57 Å². The van der Waals surface area contributed by atoms with Crippen LogP contribution in [0.25, 0.3) is 26.9 Å². The van der Waals surface area contributed by atoms with Crippen LogP contribution in [0.1, 0.15) is 15.9 Å². The number of rotatable bonds is 5. The zero-order chi connectivity index (χ0) is 28.7. The first kappa shape index (κ1) is 28.5. The van der Waals surface area contributed by atoms with Crippen LogP contribution in [0.5, 0.6) is 5.75 Å². The van der Waals surface area contributed by atoms with E-state index < -0.39 is 13.7 Å². The number of amides is 1. The third kappa shape index (κ3) is 7.32. The summed E-state index contributed by atoms with van der Waals surface area (Å²) < 4.78 is 16.3. The maximum atomic E-state index is 13.1. The molecule has 3 N–H and O–H groups in total. The van der Waals surface area contributed by atoms with Crippen molar-refractivity contribution in [3.63, 3.8) is 0 Å². The first-order chi connectivity index (χ1) is 19.1. The summed E-state index contributed by atoms with van der Waals surface area (Å²) in [6, 6.07) is 32.2. The van der Waals surface area contributed by atoms with Crippen LogP contribution in [0.15, 0.2) is 109 Å². The molecule has 0 aliphatic heterocycles. The molecule has 0 bridgehead atoms. The molecule has 200 valence electrons. The zero-order valence-electron chi connectivity index (χ0n) is 21.2. The highest BCUT2D eigenvalue weighted by atomic mass is 35.5. The highest BCUT2D eigenvalue weighted by molar-refractivity contribution is 7.46. The summed E-state index contributed by atoms with van der Waals surface area (Å²) in [6.45, 7) is 1.83. The van der Waals surface area contributed by atoms with Crippen molar-refractivity contribution in [2.75, 3.05) is 5.32 Å². The zero-order valence-corrected chi connectivity index (χ0v) is 22.9. The molecule has 0 aromatic heterocycles. The second-order valence-corrected chi connectivity index (χ2v) is 10.3. The lowest BCUT2D eigenvalue weighted by molar-refractivity contribution is 0.102. The average molecular weight is 573 g/mol. The monoisotopic (exact) mass is 572 g/mol. The number of halogens is 1. The molecule has 0 aliphatic rings. The van der Waals surface area contributed by atoms with Gasteiger partial charge in [-0.25, -0.2) is 4.57 Å². The molecular weight excluding hydrogens is 549 g/mol. The third-order valence-corrected chi connectivity index (χ3v) is 6.51. The second kappa shape index (κ2) is 12.6. The highest BCUT2D eigenvalue weighted by Gasteiger charge is 2.23. The number of nitrogens with one attached hydrogen (secondary N) is 1. The van der Waals surface area contributed by atoms with E-state index in [9.17, 15) is 19.1 Å². The number of anilines is 1. The van der Waals surface area contributed by atoms with Gasteiger partial charge >= 0.3 is 13.5 Å². The molecule has 10 heteroatoms. The van der Waals surface area contributed by atoms with Gasteiger partial charge in [-0.05, 0) is 53.6 Å². The van der Waals surface area contributed by atoms with E-state index >= 15 is 0 Å². The summed E-state index contributed by atoms with van der Waals surface area (Å²) in [5.41, 5.74) is 3.78. The van der Waals surface area contributed by atoms with Crippen molar-refractivity contribution in [1.29, 1.82) is 5.39 Å². The predicted molar refractivity (Wildman–Crippen MR) is 157 cm³/mol. The molecule has 0 atom stereocenters. The van der Waals surface area contributed by atoms with Crippen molar-refractivity contribution in [3.8, 4) is 16.9 Å². The fourth-order valence-corrected chi connectivity index (χ4v) is 4.62. The molecule has 5 aromatic carbocycles. The summed E-state index contributed by atoms with van der Waals surface area (Å²) in [4.78, 5) is 34.7. The number of para-hydroxylation sites is 1. The normalized spacial score (nSPS) is 10.7. The van der Waals surface area contributed by atoms with E-state index in [2.05, 4.69) is 10.3 Å². The Hall–Kier alpha value is -4.51. The average Bonchev–Trinajstić information content (AvgIpc) is 2.93. The van der Waals surface area contributed by atoms with Crippen LogP contribution in [0, 0.1) is 12.3 Å². The molecule has 0 spiro atoms. The molecule has 0 radical (unpaired) electrons. The van der Waals surface area contributed by atoms with Crippen molar-refractivity contribution >= 4 is 47.5 Å². The number of nitrogens with zero attached hydrogens (tertiary/aromatic N) is 2. The van der Waals surface area contributed by atoms with Crippen molar-refractivity contribution in [2.24, 2.45) is 0 Å². The fourth-order valence-electron chi connectivity index (χ4n) is 3.98. The molecule has 0 heterocycles. The van der Waals surface area contributed by atoms with Crippen LogP contribution in [0.3, 0.4) is 0 Å². The smallest absolute Gasteiger partial charge is 0.403 e. The van der Waals surface area contributed by atoms with Gasteiger partial charge in [0.05, 0.1) is 5.56 Å². The Bertz CT molecular complexity index is 1770. The van der Waals surface area contributed by atoms with Crippen LogP contribution in [0.2, 0.25) is 5.02 Å². The molecule has 0 fully saturated rings. The van der Waals surface area contributed by atoms with Crippen molar-refractivity contribution in [1.82, 2.24) is 0 Å². The SMILES string of the molecule is Cc1cc(Cl)ccc1[N+]#N.O=C(Nc1ccccc1-c1ccccc1)c1cc2ccccc2cc1OP(=O)(O)O. The number of diazo groups is 1. The quantitative estimate of drug-likeness (QED) is 0.143. The molecule has 0 saturated carbocycles.